The molecule has 1 atom stereocenters. The number of hydrogen-bond donors (Lipinski definition) is 1. The van der Waals surface area contributed by atoms with E-state index in [0.717, 1.165) is 5.56 Å². The standard InChI is InChI=1S/C16H15BrFNO2/c1-10(12-6-4-3-5-7-12)21-15-9-13(17)8-14(18)16(15)19-11(2)20/h3-10H,1-2H3,(H,19,20)/t10-/m0/s1. The van der Waals surface area contributed by atoms with Crippen molar-refractivity contribution in [1.29, 1.82) is 0 Å². The Hall–Kier alpha value is -1.88. The molecule has 2 rings (SSSR count). The van der Waals surface area contributed by atoms with Crippen molar-refractivity contribution in [3.63, 3.8) is 0 Å². The summed E-state index contributed by atoms with van der Waals surface area (Å²) in [5.41, 5.74) is 1.01. The number of benzene rings is 2. The van der Waals surface area contributed by atoms with Crippen molar-refractivity contribution >= 4 is 27.5 Å². The second-order valence-electron chi connectivity index (χ2n) is 4.61. The lowest BCUT2D eigenvalue weighted by molar-refractivity contribution is -0.114. The number of amides is 1. The Labute approximate surface area is 131 Å². The average molecular weight is 352 g/mol. The number of nitrogens with one attached hydrogen (secondary N) is 1. The van der Waals surface area contributed by atoms with Crippen LogP contribution in [0.25, 0.3) is 0 Å². The smallest absolute Gasteiger partial charge is 0.221 e. The van der Waals surface area contributed by atoms with Gasteiger partial charge in [-0.05, 0) is 24.6 Å². The van der Waals surface area contributed by atoms with Gasteiger partial charge in [-0.1, -0.05) is 46.3 Å². The van der Waals surface area contributed by atoms with E-state index in [-0.39, 0.29) is 23.4 Å². The van der Waals surface area contributed by atoms with Crippen LogP contribution in [0.1, 0.15) is 25.5 Å². The molecule has 0 unspecified atom stereocenters. The summed E-state index contributed by atoms with van der Waals surface area (Å²) < 4.78 is 20.4. The van der Waals surface area contributed by atoms with Gasteiger partial charge >= 0.3 is 0 Å². The summed E-state index contributed by atoms with van der Waals surface area (Å²) in [4.78, 5) is 11.2. The van der Waals surface area contributed by atoms with Crippen molar-refractivity contribution in [2.75, 3.05) is 5.32 Å². The summed E-state index contributed by atoms with van der Waals surface area (Å²) in [6.07, 6.45) is -0.271. The Morgan fingerprint density at radius 2 is 1.95 bits per heavy atom. The summed E-state index contributed by atoms with van der Waals surface area (Å²) in [6, 6.07) is 12.5. The van der Waals surface area contributed by atoms with Gasteiger partial charge in [0.15, 0.2) is 5.82 Å². The summed E-state index contributed by atoms with van der Waals surface area (Å²) in [5, 5.41) is 2.47. The minimum atomic E-state index is -0.546. The second kappa shape index (κ2) is 6.72. The Kier molecular flexibility index (Phi) is 4.96. The first-order valence-corrected chi connectivity index (χ1v) is 7.25. The Morgan fingerprint density at radius 1 is 1.29 bits per heavy atom. The predicted molar refractivity (Wildman–Crippen MR) is 83.9 cm³/mol. The van der Waals surface area contributed by atoms with Gasteiger partial charge in [0.05, 0.1) is 0 Å². The highest BCUT2D eigenvalue weighted by Crippen LogP contribution is 2.34. The maximum Gasteiger partial charge on any atom is 0.221 e. The predicted octanol–water partition coefficient (Wildman–Crippen LogP) is 4.69. The molecule has 0 aliphatic rings. The lowest BCUT2D eigenvalue weighted by Gasteiger charge is -2.18. The van der Waals surface area contributed by atoms with Crippen molar-refractivity contribution in [3.8, 4) is 5.75 Å². The van der Waals surface area contributed by atoms with E-state index in [4.69, 9.17) is 4.74 Å². The summed E-state index contributed by atoms with van der Waals surface area (Å²) in [6.45, 7) is 3.19. The van der Waals surface area contributed by atoms with Crippen molar-refractivity contribution in [2.45, 2.75) is 20.0 Å². The van der Waals surface area contributed by atoms with Gasteiger partial charge in [0.1, 0.15) is 17.5 Å². The number of halogens is 2. The van der Waals surface area contributed by atoms with Crippen molar-refractivity contribution in [1.82, 2.24) is 0 Å². The molecule has 0 spiro atoms. The molecular weight excluding hydrogens is 337 g/mol. The van der Waals surface area contributed by atoms with Crippen LogP contribution in [0.3, 0.4) is 0 Å². The van der Waals surface area contributed by atoms with E-state index in [9.17, 15) is 9.18 Å². The topological polar surface area (TPSA) is 38.3 Å². The molecular formula is C16H15BrFNO2. The van der Waals surface area contributed by atoms with E-state index in [1.807, 2.05) is 37.3 Å². The van der Waals surface area contributed by atoms with E-state index in [0.29, 0.717) is 4.47 Å². The van der Waals surface area contributed by atoms with Gasteiger partial charge in [-0.15, -0.1) is 0 Å². The van der Waals surface area contributed by atoms with Gasteiger partial charge in [0.2, 0.25) is 5.91 Å². The monoisotopic (exact) mass is 351 g/mol. The van der Waals surface area contributed by atoms with E-state index >= 15 is 0 Å². The highest BCUT2D eigenvalue weighted by Gasteiger charge is 2.16. The van der Waals surface area contributed by atoms with Crippen LogP contribution in [0.2, 0.25) is 0 Å². The lowest BCUT2D eigenvalue weighted by Crippen LogP contribution is -2.11. The third-order valence-corrected chi connectivity index (χ3v) is 3.35. The first-order valence-electron chi connectivity index (χ1n) is 6.45. The number of anilines is 1. The van der Waals surface area contributed by atoms with Crippen molar-refractivity contribution < 1.29 is 13.9 Å². The zero-order chi connectivity index (χ0) is 15.4. The molecule has 0 aliphatic heterocycles. The normalized spacial score (nSPS) is 11.8. The van der Waals surface area contributed by atoms with Gasteiger partial charge in [-0.3, -0.25) is 4.79 Å². The van der Waals surface area contributed by atoms with E-state index < -0.39 is 5.82 Å². The molecule has 3 nitrogen and oxygen atoms in total. The molecule has 110 valence electrons. The summed E-state index contributed by atoms with van der Waals surface area (Å²) in [7, 11) is 0. The van der Waals surface area contributed by atoms with Crippen LogP contribution in [-0.2, 0) is 4.79 Å². The molecule has 5 heteroatoms. The Morgan fingerprint density at radius 3 is 2.57 bits per heavy atom. The SMILES string of the molecule is CC(=O)Nc1c(F)cc(Br)cc1O[C@@H](C)c1ccccc1. The largest absolute Gasteiger partial charge is 0.484 e. The lowest BCUT2D eigenvalue weighted by atomic mass is 10.1. The molecule has 2 aromatic carbocycles. The third-order valence-electron chi connectivity index (χ3n) is 2.89. The molecule has 0 aromatic heterocycles. The van der Waals surface area contributed by atoms with Crippen molar-refractivity contribution in [3.05, 3.63) is 58.3 Å². The van der Waals surface area contributed by atoms with E-state index in [1.54, 1.807) is 6.07 Å². The van der Waals surface area contributed by atoms with Crippen LogP contribution in [0.15, 0.2) is 46.9 Å². The van der Waals surface area contributed by atoms with Crippen molar-refractivity contribution in [2.24, 2.45) is 0 Å². The Bertz CT molecular complexity index is 646. The minimum absolute atomic E-state index is 0.0495. The van der Waals surface area contributed by atoms with Gasteiger partial charge in [-0.25, -0.2) is 4.39 Å². The quantitative estimate of drug-likeness (QED) is 0.867. The van der Waals surface area contributed by atoms with Crippen LogP contribution >= 0.6 is 15.9 Å². The maximum atomic E-state index is 14.0. The highest BCUT2D eigenvalue weighted by atomic mass is 79.9. The molecule has 0 fully saturated rings. The van der Waals surface area contributed by atoms with Gasteiger partial charge in [0.25, 0.3) is 0 Å². The zero-order valence-corrected chi connectivity index (χ0v) is 13.3. The number of carbonyl (C=O) groups excluding carboxylic acids is 1. The van der Waals surface area contributed by atoms with Gasteiger partial charge in [0, 0.05) is 11.4 Å². The molecule has 0 saturated heterocycles. The highest BCUT2D eigenvalue weighted by molar-refractivity contribution is 9.10. The fourth-order valence-electron chi connectivity index (χ4n) is 1.92. The van der Waals surface area contributed by atoms with Crippen LogP contribution < -0.4 is 10.1 Å². The number of carbonyl (C=O) groups is 1. The van der Waals surface area contributed by atoms with E-state index in [2.05, 4.69) is 21.2 Å². The molecule has 1 amide bonds. The molecule has 0 aliphatic carbocycles. The first-order chi connectivity index (χ1) is 9.97. The first kappa shape index (κ1) is 15.5. The molecule has 21 heavy (non-hydrogen) atoms. The minimum Gasteiger partial charge on any atom is -0.484 e. The fraction of sp³-hybridized carbons (Fsp3) is 0.188. The van der Waals surface area contributed by atoms with Crippen LogP contribution in [0.4, 0.5) is 10.1 Å². The number of ether oxygens (including phenoxy) is 1. The maximum absolute atomic E-state index is 14.0. The fourth-order valence-corrected chi connectivity index (χ4v) is 2.33. The van der Waals surface area contributed by atoms with Gasteiger partial charge < -0.3 is 10.1 Å². The molecule has 0 bridgehead atoms. The average Bonchev–Trinajstić information content (AvgIpc) is 2.43. The van der Waals surface area contributed by atoms with Gasteiger partial charge in [-0.2, -0.15) is 0 Å². The Balaban J connectivity index is 2.32. The third kappa shape index (κ3) is 4.04. The molecule has 0 saturated carbocycles. The molecule has 2 aromatic rings. The van der Waals surface area contributed by atoms with Crippen LogP contribution in [0, 0.1) is 5.82 Å². The van der Waals surface area contributed by atoms with Crippen LogP contribution in [0.5, 0.6) is 5.75 Å². The summed E-state index contributed by atoms with van der Waals surface area (Å²) >= 11 is 3.23. The second-order valence-corrected chi connectivity index (χ2v) is 5.53. The molecule has 0 heterocycles. The number of rotatable bonds is 4. The number of hydrogen-bond acceptors (Lipinski definition) is 2. The summed E-state index contributed by atoms with van der Waals surface area (Å²) in [5.74, 6) is -0.614. The molecule has 0 radical (unpaired) electrons. The van der Waals surface area contributed by atoms with E-state index in [1.165, 1.54) is 13.0 Å². The zero-order valence-electron chi connectivity index (χ0n) is 11.7. The van der Waals surface area contributed by atoms with Crippen LogP contribution in [-0.4, -0.2) is 5.91 Å². The molecule has 1 N–H and O–H groups in total.